The predicted molar refractivity (Wildman–Crippen MR) is 121 cm³/mol. The molecule has 1 aromatic heterocycles. The number of esters is 1. The first kappa shape index (κ1) is 21.3. The summed E-state index contributed by atoms with van der Waals surface area (Å²) < 4.78 is 24.0. The van der Waals surface area contributed by atoms with Gasteiger partial charge in [0.2, 0.25) is 11.7 Å². The summed E-state index contributed by atoms with van der Waals surface area (Å²) in [6.07, 6.45) is 1.54. The number of hydrogen-bond donors (Lipinski definition) is 1. The topological polar surface area (TPSA) is 83.8 Å². The summed E-state index contributed by atoms with van der Waals surface area (Å²) in [5.74, 6) is 1.63. The molecule has 3 aromatic rings. The van der Waals surface area contributed by atoms with Crippen LogP contribution < -0.4 is 19.5 Å². The number of nitrogens with zero attached hydrogens (tertiary/aromatic N) is 2. The van der Waals surface area contributed by atoms with Crippen molar-refractivity contribution in [3.63, 3.8) is 0 Å². The normalized spacial score (nSPS) is 15.1. The maximum absolute atomic E-state index is 13.2. The molecule has 0 saturated heterocycles. The summed E-state index contributed by atoms with van der Waals surface area (Å²) in [6.45, 7) is 5.57. The molecule has 8 heteroatoms. The van der Waals surface area contributed by atoms with Gasteiger partial charge in [-0.1, -0.05) is 24.8 Å². The number of para-hydroxylation sites is 2. The second kappa shape index (κ2) is 8.66. The molecule has 0 spiro atoms. The van der Waals surface area contributed by atoms with Crippen molar-refractivity contribution in [3.8, 4) is 17.2 Å². The largest absolute Gasteiger partial charge is 0.493 e. The molecule has 8 nitrogen and oxygen atoms in total. The number of allylic oxidation sites excluding steroid dienone is 1. The number of ether oxygens (including phenoxy) is 4. The van der Waals surface area contributed by atoms with Gasteiger partial charge in [-0.2, -0.15) is 0 Å². The van der Waals surface area contributed by atoms with Gasteiger partial charge in [0.1, 0.15) is 6.61 Å². The quantitative estimate of drug-likeness (QED) is 0.442. The summed E-state index contributed by atoms with van der Waals surface area (Å²) in [6, 6.07) is 10.9. The first-order valence-corrected chi connectivity index (χ1v) is 10.1. The molecule has 1 N–H and O–H groups in total. The van der Waals surface area contributed by atoms with Crippen LogP contribution in [0.2, 0.25) is 0 Å². The highest BCUT2D eigenvalue weighted by Crippen LogP contribution is 2.45. The van der Waals surface area contributed by atoms with Crippen LogP contribution >= 0.6 is 0 Å². The van der Waals surface area contributed by atoms with Crippen LogP contribution in [0.1, 0.15) is 18.5 Å². The molecule has 1 aliphatic rings. The van der Waals surface area contributed by atoms with E-state index in [0.29, 0.717) is 34.5 Å². The van der Waals surface area contributed by atoms with Gasteiger partial charge in [0.05, 0.1) is 44.0 Å². The molecule has 0 radical (unpaired) electrons. The molecular formula is C24H25N3O5. The molecule has 32 heavy (non-hydrogen) atoms. The Labute approximate surface area is 186 Å². The number of imidazole rings is 1. The molecule has 2 heterocycles. The lowest BCUT2D eigenvalue weighted by Crippen LogP contribution is -2.29. The molecule has 0 amide bonds. The van der Waals surface area contributed by atoms with Crippen molar-refractivity contribution in [3.05, 3.63) is 65.9 Å². The third-order valence-electron chi connectivity index (χ3n) is 5.39. The molecule has 0 unspecified atom stereocenters. The number of hydrogen-bond acceptors (Lipinski definition) is 7. The van der Waals surface area contributed by atoms with Crippen LogP contribution in [-0.4, -0.2) is 43.5 Å². The van der Waals surface area contributed by atoms with Crippen LogP contribution in [0.15, 0.2) is 60.3 Å². The van der Waals surface area contributed by atoms with Crippen molar-refractivity contribution in [1.29, 1.82) is 0 Å². The zero-order chi connectivity index (χ0) is 22.8. The predicted octanol–water partition coefficient (Wildman–Crippen LogP) is 4.08. The fourth-order valence-corrected chi connectivity index (χ4v) is 4.02. The lowest BCUT2D eigenvalue weighted by atomic mass is 9.94. The van der Waals surface area contributed by atoms with E-state index < -0.39 is 12.0 Å². The minimum Gasteiger partial charge on any atom is -0.493 e. The van der Waals surface area contributed by atoms with Crippen LogP contribution in [0.3, 0.4) is 0 Å². The Morgan fingerprint density at radius 2 is 1.84 bits per heavy atom. The maximum atomic E-state index is 13.2. The smallest absolute Gasteiger partial charge is 0.338 e. The SMILES string of the molecule is C=CCOC(=O)C1=C(C)Nc2nc3ccccc3n2[C@H]1c1cc(OC)c(OC)c(OC)c1. The Kier molecular flexibility index (Phi) is 5.77. The first-order valence-electron chi connectivity index (χ1n) is 10.1. The fourth-order valence-electron chi connectivity index (χ4n) is 4.02. The minimum atomic E-state index is -0.537. The monoisotopic (exact) mass is 435 g/mol. The second-order valence-electron chi connectivity index (χ2n) is 7.21. The van der Waals surface area contributed by atoms with Crippen LogP contribution in [0.4, 0.5) is 5.95 Å². The molecule has 4 rings (SSSR count). The first-order chi connectivity index (χ1) is 15.5. The van der Waals surface area contributed by atoms with Gasteiger partial charge in [-0.25, -0.2) is 9.78 Å². The van der Waals surface area contributed by atoms with Crippen LogP contribution in [0, 0.1) is 0 Å². The summed E-state index contributed by atoms with van der Waals surface area (Å²) in [4.78, 5) is 17.9. The molecule has 0 bridgehead atoms. The van der Waals surface area contributed by atoms with Gasteiger partial charge < -0.3 is 24.3 Å². The van der Waals surface area contributed by atoms with Gasteiger partial charge in [-0.15, -0.1) is 0 Å². The van der Waals surface area contributed by atoms with E-state index in [9.17, 15) is 4.79 Å². The Hall–Kier alpha value is -3.94. The number of aromatic nitrogens is 2. The molecule has 0 aliphatic carbocycles. The van der Waals surface area contributed by atoms with E-state index >= 15 is 0 Å². The lowest BCUT2D eigenvalue weighted by molar-refractivity contribution is -0.138. The average molecular weight is 435 g/mol. The molecule has 1 atom stereocenters. The Bertz CT molecular complexity index is 1200. The molecular weight excluding hydrogens is 410 g/mol. The molecule has 0 fully saturated rings. The standard InChI is InChI=1S/C24H25N3O5/c1-6-11-32-23(28)20-14(2)25-24-26-16-9-7-8-10-17(16)27(24)21(20)15-12-18(29-3)22(31-5)19(13-15)30-4/h6-10,12-13,21H,1,11H2,2-5H3,(H,25,26)/t21-/m0/s1. The van der Waals surface area contributed by atoms with E-state index in [1.165, 1.54) is 6.08 Å². The zero-order valence-electron chi connectivity index (χ0n) is 18.5. The molecule has 166 valence electrons. The number of carbonyl (C=O) groups excluding carboxylic acids is 1. The van der Waals surface area contributed by atoms with Gasteiger partial charge in [-0.05, 0) is 36.8 Å². The van der Waals surface area contributed by atoms with Gasteiger partial charge in [0.25, 0.3) is 0 Å². The summed E-state index contributed by atoms with van der Waals surface area (Å²) in [7, 11) is 4.66. The fraction of sp³-hybridized carbons (Fsp3) is 0.250. The van der Waals surface area contributed by atoms with E-state index in [0.717, 1.165) is 16.6 Å². The zero-order valence-corrected chi connectivity index (χ0v) is 18.5. The highest BCUT2D eigenvalue weighted by atomic mass is 16.5. The van der Waals surface area contributed by atoms with Crippen molar-refractivity contribution in [1.82, 2.24) is 9.55 Å². The van der Waals surface area contributed by atoms with Crippen molar-refractivity contribution < 1.29 is 23.7 Å². The van der Waals surface area contributed by atoms with Crippen LogP contribution in [0.25, 0.3) is 11.0 Å². The second-order valence-corrected chi connectivity index (χ2v) is 7.21. The molecule has 1 aliphatic heterocycles. The Morgan fingerprint density at radius 3 is 2.47 bits per heavy atom. The van der Waals surface area contributed by atoms with Gasteiger partial charge in [0, 0.05) is 5.70 Å². The number of benzene rings is 2. The van der Waals surface area contributed by atoms with E-state index in [1.54, 1.807) is 21.3 Å². The summed E-state index contributed by atoms with van der Waals surface area (Å²) in [5, 5.41) is 3.25. The van der Waals surface area contributed by atoms with Gasteiger partial charge >= 0.3 is 5.97 Å². The van der Waals surface area contributed by atoms with Crippen molar-refractivity contribution in [2.24, 2.45) is 0 Å². The van der Waals surface area contributed by atoms with E-state index in [-0.39, 0.29) is 6.61 Å². The number of rotatable bonds is 7. The minimum absolute atomic E-state index is 0.106. The third-order valence-corrected chi connectivity index (χ3v) is 5.39. The van der Waals surface area contributed by atoms with E-state index in [2.05, 4.69) is 11.9 Å². The summed E-state index contributed by atoms with van der Waals surface area (Å²) in [5.41, 5.74) is 3.55. The molecule has 0 saturated carbocycles. The highest BCUT2D eigenvalue weighted by Gasteiger charge is 2.36. The van der Waals surface area contributed by atoms with Gasteiger partial charge in [-0.3, -0.25) is 4.57 Å². The Balaban J connectivity index is 2.00. The Morgan fingerprint density at radius 1 is 1.16 bits per heavy atom. The average Bonchev–Trinajstić information content (AvgIpc) is 3.18. The van der Waals surface area contributed by atoms with Crippen LogP contribution in [0.5, 0.6) is 17.2 Å². The lowest BCUT2D eigenvalue weighted by Gasteiger charge is -2.30. The van der Waals surface area contributed by atoms with Crippen LogP contribution in [-0.2, 0) is 9.53 Å². The number of nitrogens with one attached hydrogen (secondary N) is 1. The van der Waals surface area contributed by atoms with E-state index in [1.807, 2.05) is 47.9 Å². The number of carbonyl (C=O) groups is 1. The highest BCUT2D eigenvalue weighted by molar-refractivity contribution is 5.94. The third kappa shape index (κ3) is 3.43. The van der Waals surface area contributed by atoms with Crippen molar-refractivity contribution in [2.45, 2.75) is 13.0 Å². The molecule has 2 aromatic carbocycles. The van der Waals surface area contributed by atoms with E-state index in [4.69, 9.17) is 23.9 Å². The number of fused-ring (bicyclic) bond motifs is 3. The van der Waals surface area contributed by atoms with Crippen molar-refractivity contribution in [2.75, 3.05) is 33.3 Å². The number of anilines is 1. The number of methoxy groups -OCH3 is 3. The van der Waals surface area contributed by atoms with Crippen molar-refractivity contribution >= 4 is 23.0 Å². The maximum Gasteiger partial charge on any atom is 0.338 e. The van der Waals surface area contributed by atoms with Gasteiger partial charge in [0.15, 0.2) is 11.5 Å². The summed E-state index contributed by atoms with van der Waals surface area (Å²) >= 11 is 0.